The lowest BCUT2D eigenvalue weighted by atomic mass is 10.0. The minimum Gasteiger partial charge on any atom is -0.497 e. The first-order valence-corrected chi connectivity index (χ1v) is 9.27. The number of ether oxygens (including phenoxy) is 1. The number of nitrogens with zero attached hydrogens (tertiary/aromatic N) is 1. The van der Waals surface area contributed by atoms with Crippen molar-refractivity contribution in [3.63, 3.8) is 0 Å². The van der Waals surface area contributed by atoms with Gasteiger partial charge < -0.3 is 15.0 Å². The Morgan fingerprint density at radius 1 is 1.28 bits per heavy atom. The van der Waals surface area contributed by atoms with E-state index >= 15 is 0 Å². The van der Waals surface area contributed by atoms with Gasteiger partial charge in [-0.1, -0.05) is 18.2 Å². The number of methoxy groups -OCH3 is 1. The molecule has 0 aliphatic carbocycles. The minimum absolute atomic E-state index is 0.0387. The lowest BCUT2D eigenvalue weighted by molar-refractivity contribution is -0.133. The number of nitrogens with one attached hydrogen (secondary N) is 1. The van der Waals surface area contributed by atoms with Crippen LogP contribution in [0.15, 0.2) is 41.8 Å². The number of likely N-dealkylation sites (tertiary alicyclic amines) is 1. The van der Waals surface area contributed by atoms with Gasteiger partial charge in [-0.2, -0.15) is 0 Å². The van der Waals surface area contributed by atoms with Gasteiger partial charge in [0.2, 0.25) is 5.91 Å². The van der Waals surface area contributed by atoms with Crippen molar-refractivity contribution in [2.45, 2.75) is 31.8 Å². The van der Waals surface area contributed by atoms with Crippen LogP contribution in [0.4, 0.5) is 0 Å². The molecule has 2 atom stereocenters. The van der Waals surface area contributed by atoms with Crippen LogP contribution >= 0.6 is 11.3 Å². The molecule has 5 nitrogen and oxygen atoms in total. The van der Waals surface area contributed by atoms with Crippen LogP contribution in [0.2, 0.25) is 0 Å². The van der Waals surface area contributed by atoms with Gasteiger partial charge in [0.1, 0.15) is 11.8 Å². The Kier molecular flexibility index (Phi) is 5.38. The summed E-state index contributed by atoms with van der Waals surface area (Å²) in [6.07, 6.45) is 1.90. The predicted molar refractivity (Wildman–Crippen MR) is 97.9 cm³/mol. The third kappa shape index (κ3) is 3.85. The summed E-state index contributed by atoms with van der Waals surface area (Å²) in [5, 5.41) is 4.66. The molecule has 2 heterocycles. The highest BCUT2D eigenvalue weighted by atomic mass is 32.1. The summed E-state index contributed by atoms with van der Waals surface area (Å²) in [6.45, 7) is 2.46. The largest absolute Gasteiger partial charge is 0.497 e. The number of thiophene rings is 1. The number of hydrogen-bond donors (Lipinski definition) is 1. The Hall–Kier alpha value is -2.34. The van der Waals surface area contributed by atoms with Crippen LogP contribution in [0.25, 0.3) is 0 Å². The van der Waals surface area contributed by atoms with Gasteiger partial charge in [-0.3, -0.25) is 9.59 Å². The van der Waals surface area contributed by atoms with Crippen molar-refractivity contribution >= 4 is 23.2 Å². The highest BCUT2D eigenvalue weighted by molar-refractivity contribution is 7.12. The second-order valence-corrected chi connectivity index (χ2v) is 7.08. The standard InChI is InChI=1S/C19H22N2O3S/c1-13(20-18(22)17-6-4-12-25-17)19(23)21-11-3-5-16(21)14-7-9-15(24-2)10-8-14/h4,6-10,12-13,16H,3,5,11H2,1-2H3,(H,20,22)/t13-,16-/m1/s1. The van der Waals surface area contributed by atoms with Gasteiger partial charge in [-0.05, 0) is 48.9 Å². The zero-order valence-electron chi connectivity index (χ0n) is 14.4. The summed E-state index contributed by atoms with van der Waals surface area (Å²) in [7, 11) is 1.64. The van der Waals surface area contributed by atoms with E-state index in [-0.39, 0.29) is 17.9 Å². The summed E-state index contributed by atoms with van der Waals surface area (Å²) >= 11 is 1.37. The number of amides is 2. The van der Waals surface area contributed by atoms with Gasteiger partial charge in [0.15, 0.2) is 0 Å². The molecule has 6 heteroatoms. The lowest BCUT2D eigenvalue weighted by Gasteiger charge is -2.28. The zero-order chi connectivity index (χ0) is 17.8. The van der Waals surface area contributed by atoms with Crippen LogP contribution in [-0.2, 0) is 4.79 Å². The molecular formula is C19H22N2O3S. The van der Waals surface area contributed by atoms with Crippen LogP contribution in [0.1, 0.15) is 41.0 Å². The second-order valence-electron chi connectivity index (χ2n) is 6.14. The predicted octanol–water partition coefficient (Wildman–Crippen LogP) is 3.24. The van der Waals surface area contributed by atoms with Crippen molar-refractivity contribution in [2.24, 2.45) is 0 Å². The van der Waals surface area contributed by atoms with Gasteiger partial charge in [-0.25, -0.2) is 0 Å². The second kappa shape index (κ2) is 7.70. The van der Waals surface area contributed by atoms with Gasteiger partial charge in [0, 0.05) is 6.54 Å². The molecule has 1 N–H and O–H groups in total. The maximum atomic E-state index is 12.8. The molecule has 25 heavy (non-hydrogen) atoms. The Morgan fingerprint density at radius 2 is 2.04 bits per heavy atom. The first kappa shape index (κ1) is 17.5. The van der Waals surface area contributed by atoms with Crippen LogP contribution < -0.4 is 10.1 Å². The molecule has 132 valence electrons. The summed E-state index contributed by atoms with van der Waals surface area (Å²) in [5.74, 6) is 0.565. The number of hydrogen-bond acceptors (Lipinski definition) is 4. The summed E-state index contributed by atoms with van der Waals surface area (Å²) in [5.41, 5.74) is 1.10. The molecule has 2 amide bonds. The number of carbonyl (C=O) groups excluding carboxylic acids is 2. The number of rotatable bonds is 5. The normalized spacial score (nSPS) is 18.0. The van der Waals surface area contributed by atoms with Crippen LogP contribution in [0.5, 0.6) is 5.75 Å². The van der Waals surface area contributed by atoms with E-state index in [0.29, 0.717) is 4.88 Å². The maximum Gasteiger partial charge on any atom is 0.261 e. The average Bonchev–Trinajstić information content (AvgIpc) is 3.32. The van der Waals surface area contributed by atoms with Crippen LogP contribution in [-0.4, -0.2) is 36.4 Å². The quantitative estimate of drug-likeness (QED) is 0.893. The molecule has 1 aromatic carbocycles. The van der Waals surface area contributed by atoms with Crippen molar-refractivity contribution in [2.75, 3.05) is 13.7 Å². The first-order valence-electron chi connectivity index (χ1n) is 8.39. The smallest absolute Gasteiger partial charge is 0.261 e. The van der Waals surface area contributed by atoms with Gasteiger partial charge in [-0.15, -0.1) is 11.3 Å². The average molecular weight is 358 g/mol. The van der Waals surface area contributed by atoms with Crippen molar-refractivity contribution in [3.8, 4) is 5.75 Å². The summed E-state index contributed by atoms with van der Waals surface area (Å²) in [4.78, 5) is 27.5. The monoisotopic (exact) mass is 358 g/mol. The van der Waals surface area contributed by atoms with Gasteiger partial charge >= 0.3 is 0 Å². The lowest BCUT2D eigenvalue weighted by Crippen LogP contribution is -2.46. The van der Waals surface area contributed by atoms with Gasteiger partial charge in [0.25, 0.3) is 5.91 Å². The maximum absolute atomic E-state index is 12.8. The Morgan fingerprint density at radius 3 is 2.68 bits per heavy atom. The molecule has 0 radical (unpaired) electrons. The molecule has 1 fully saturated rings. The fraction of sp³-hybridized carbons (Fsp3) is 0.368. The topological polar surface area (TPSA) is 58.6 Å². The molecule has 1 saturated heterocycles. The molecule has 3 rings (SSSR count). The fourth-order valence-electron chi connectivity index (χ4n) is 3.19. The van der Waals surface area contributed by atoms with Crippen LogP contribution in [0.3, 0.4) is 0 Å². The van der Waals surface area contributed by atoms with E-state index in [1.807, 2.05) is 40.6 Å². The summed E-state index contributed by atoms with van der Waals surface area (Å²) in [6, 6.07) is 10.9. The third-order valence-electron chi connectivity index (χ3n) is 4.50. The SMILES string of the molecule is COc1ccc([C@H]2CCCN2C(=O)[C@@H](C)NC(=O)c2cccs2)cc1. The van der Waals surface area contributed by atoms with Crippen molar-refractivity contribution in [1.29, 1.82) is 0 Å². The number of carbonyl (C=O) groups is 2. The molecule has 1 aliphatic heterocycles. The van der Waals surface area contributed by atoms with Crippen molar-refractivity contribution in [3.05, 3.63) is 52.2 Å². The fourth-order valence-corrected chi connectivity index (χ4v) is 3.82. The van der Waals surface area contributed by atoms with E-state index in [4.69, 9.17) is 4.74 Å². The molecule has 0 bridgehead atoms. The van der Waals surface area contributed by atoms with E-state index in [0.717, 1.165) is 30.7 Å². The molecule has 2 aromatic rings. The van der Waals surface area contributed by atoms with E-state index in [2.05, 4.69) is 5.32 Å². The van der Waals surface area contributed by atoms with Crippen LogP contribution in [0, 0.1) is 0 Å². The van der Waals surface area contributed by atoms with E-state index in [1.165, 1.54) is 11.3 Å². The molecule has 0 spiro atoms. The molecule has 1 aliphatic rings. The molecule has 0 saturated carbocycles. The van der Waals surface area contributed by atoms with Crippen molar-refractivity contribution in [1.82, 2.24) is 10.2 Å². The number of benzene rings is 1. The zero-order valence-corrected chi connectivity index (χ0v) is 15.2. The van der Waals surface area contributed by atoms with E-state index in [9.17, 15) is 9.59 Å². The molecule has 0 unspecified atom stereocenters. The third-order valence-corrected chi connectivity index (χ3v) is 5.37. The molecular weight excluding hydrogens is 336 g/mol. The van der Waals surface area contributed by atoms with Crippen molar-refractivity contribution < 1.29 is 14.3 Å². The Labute approximate surface area is 151 Å². The highest BCUT2D eigenvalue weighted by Crippen LogP contribution is 2.33. The first-order chi connectivity index (χ1) is 12.1. The highest BCUT2D eigenvalue weighted by Gasteiger charge is 2.33. The Balaban J connectivity index is 1.68. The summed E-state index contributed by atoms with van der Waals surface area (Å²) < 4.78 is 5.20. The van der Waals surface area contributed by atoms with E-state index < -0.39 is 6.04 Å². The molecule has 1 aromatic heterocycles. The minimum atomic E-state index is -0.548. The van der Waals surface area contributed by atoms with E-state index in [1.54, 1.807) is 20.1 Å². The van der Waals surface area contributed by atoms with Gasteiger partial charge in [0.05, 0.1) is 18.0 Å². The Bertz CT molecular complexity index is 728.